The number of pyridine rings is 1. The molecule has 0 saturated carbocycles. The molecule has 2 aromatic heterocycles. The minimum absolute atomic E-state index is 0.291. The van der Waals surface area contributed by atoms with Crippen LogP contribution in [0.5, 0.6) is 5.75 Å². The molecule has 1 aliphatic rings. The Hall–Kier alpha value is -3.14. The van der Waals surface area contributed by atoms with E-state index in [1.54, 1.807) is 31.5 Å². The van der Waals surface area contributed by atoms with Crippen LogP contribution in [0.3, 0.4) is 0 Å². The summed E-state index contributed by atoms with van der Waals surface area (Å²) >= 11 is 0. The smallest absolute Gasteiger partial charge is 0.243 e. The van der Waals surface area contributed by atoms with Crippen LogP contribution in [-0.4, -0.2) is 56.0 Å². The summed E-state index contributed by atoms with van der Waals surface area (Å²) < 4.78 is 33.2. The lowest BCUT2D eigenvalue weighted by Gasteiger charge is -2.26. The third-order valence-electron chi connectivity index (χ3n) is 5.53. The first-order valence-electron chi connectivity index (χ1n) is 10.1. The number of nitrogens with one attached hydrogen (secondary N) is 3. The van der Waals surface area contributed by atoms with Crippen molar-refractivity contribution in [3.05, 3.63) is 54.7 Å². The molecule has 5 rings (SSSR count). The molecule has 0 bridgehead atoms. The lowest BCUT2D eigenvalue weighted by molar-refractivity contribution is 0.360. The van der Waals surface area contributed by atoms with Crippen molar-refractivity contribution in [1.29, 1.82) is 0 Å². The average molecular weight is 438 g/mol. The van der Waals surface area contributed by atoms with Crippen molar-refractivity contribution >= 4 is 43.3 Å². The fraction of sp³-hybridized carbons (Fsp3) is 0.227. The van der Waals surface area contributed by atoms with E-state index >= 15 is 0 Å². The number of ether oxygens (including phenoxy) is 1. The summed E-state index contributed by atoms with van der Waals surface area (Å²) in [4.78, 5) is 8.03. The molecule has 0 radical (unpaired) electrons. The monoisotopic (exact) mass is 437 g/mol. The maximum absolute atomic E-state index is 13.2. The molecular weight excluding hydrogens is 414 g/mol. The molecule has 0 spiro atoms. The SMILES string of the molecule is COc1cccc(Nc2ccnc3[nH]c4ccc(S(=O)(=O)N5CCNCC5)cc4c23)c1. The Morgan fingerprint density at radius 2 is 1.94 bits per heavy atom. The normalized spacial score (nSPS) is 15.4. The predicted octanol–water partition coefficient (Wildman–Crippen LogP) is 3.06. The van der Waals surface area contributed by atoms with Gasteiger partial charge < -0.3 is 20.4 Å². The number of rotatable bonds is 5. The van der Waals surface area contributed by atoms with Gasteiger partial charge in [-0.3, -0.25) is 0 Å². The van der Waals surface area contributed by atoms with Crippen molar-refractivity contribution < 1.29 is 13.2 Å². The van der Waals surface area contributed by atoms with Crippen molar-refractivity contribution in [2.45, 2.75) is 4.90 Å². The zero-order valence-electron chi connectivity index (χ0n) is 17.1. The third-order valence-corrected chi connectivity index (χ3v) is 7.42. The van der Waals surface area contributed by atoms with Crippen molar-refractivity contribution in [3.63, 3.8) is 0 Å². The second-order valence-corrected chi connectivity index (χ2v) is 9.36. The highest BCUT2D eigenvalue weighted by atomic mass is 32.2. The van der Waals surface area contributed by atoms with E-state index < -0.39 is 10.0 Å². The van der Waals surface area contributed by atoms with Gasteiger partial charge in [0.05, 0.1) is 23.1 Å². The quantitative estimate of drug-likeness (QED) is 0.444. The van der Waals surface area contributed by atoms with E-state index in [0.717, 1.165) is 33.4 Å². The van der Waals surface area contributed by atoms with Crippen LogP contribution in [0.2, 0.25) is 0 Å². The number of hydrogen-bond donors (Lipinski definition) is 3. The number of benzene rings is 2. The minimum atomic E-state index is -3.56. The Morgan fingerprint density at radius 1 is 1.10 bits per heavy atom. The molecule has 0 unspecified atom stereocenters. The van der Waals surface area contributed by atoms with E-state index in [1.807, 2.05) is 30.3 Å². The number of methoxy groups -OCH3 is 1. The largest absolute Gasteiger partial charge is 0.497 e. The van der Waals surface area contributed by atoms with Crippen molar-refractivity contribution in [2.24, 2.45) is 0 Å². The molecule has 0 aliphatic carbocycles. The van der Waals surface area contributed by atoms with Gasteiger partial charge in [-0.2, -0.15) is 4.31 Å². The first kappa shape index (κ1) is 19.8. The topological polar surface area (TPSA) is 99.3 Å². The summed E-state index contributed by atoms with van der Waals surface area (Å²) in [5.74, 6) is 0.749. The fourth-order valence-electron chi connectivity index (χ4n) is 3.95. The van der Waals surface area contributed by atoms with Crippen LogP contribution < -0.4 is 15.4 Å². The van der Waals surface area contributed by atoms with E-state index in [0.29, 0.717) is 36.7 Å². The summed E-state index contributed by atoms with van der Waals surface area (Å²) in [6.45, 7) is 2.26. The molecule has 1 saturated heterocycles. The zero-order chi connectivity index (χ0) is 21.4. The highest BCUT2D eigenvalue weighted by molar-refractivity contribution is 7.89. The van der Waals surface area contributed by atoms with Crippen LogP contribution >= 0.6 is 0 Å². The van der Waals surface area contributed by atoms with Gasteiger partial charge >= 0.3 is 0 Å². The molecule has 160 valence electrons. The number of aromatic nitrogens is 2. The summed E-state index contributed by atoms with van der Waals surface area (Å²) in [7, 11) is -1.93. The first-order chi connectivity index (χ1) is 15.1. The highest BCUT2D eigenvalue weighted by Crippen LogP contribution is 2.34. The van der Waals surface area contributed by atoms with E-state index in [2.05, 4.69) is 20.6 Å². The standard InChI is InChI=1S/C22H23N5O3S/c1-30-16-4-2-3-15(13-16)25-20-7-8-24-22-21(20)18-14-17(5-6-19(18)26-22)31(28,29)27-11-9-23-10-12-27/h2-8,13-14,23H,9-12H2,1H3,(H2,24,25,26). The molecule has 2 aromatic carbocycles. The molecule has 3 N–H and O–H groups in total. The number of H-pyrrole nitrogens is 1. The number of piperazine rings is 1. The Balaban J connectivity index is 1.61. The van der Waals surface area contributed by atoms with Crippen LogP contribution in [0.4, 0.5) is 11.4 Å². The van der Waals surface area contributed by atoms with E-state index in [9.17, 15) is 8.42 Å². The summed E-state index contributed by atoms with van der Waals surface area (Å²) in [5.41, 5.74) is 3.23. The molecular formula is C22H23N5O3S. The number of nitrogens with zero attached hydrogens (tertiary/aromatic N) is 2. The average Bonchev–Trinajstić information content (AvgIpc) is 3.18. The molecule has 1 fully saturated rings. The van der Waals surface area contributed by atoms with Crippen LogP contribution in [0, 0.1) is 0 Å². The molecule has 0 amide bonds. The summed E-state index contributed by atoms with van der Waals surface area (Å²) in [6, 6.07) is 14.7. The van der Waals surface area contributed by atoms with Gasteiger partial charge in [-0.1, -0.05) is 6.07 Å². The maximum atomic E-state index is 13.2. The number of aromatic amines is 1. The molecule has 4 aromatic rings. The predicted molar refractivity (Wildman–Crippen MR) is 122 cm³/mol. The van der Waals surface area contributed by atoms with Crippen molar-refractivity contribution in [1.82, 2.24) is 19.6 Å². The Morgan fingerprint density at radius 3 is 2.74 bits per heavy atom. The van der Waals surface area contributed by atoms with Crippen LogP contribution in [0.1, 0.15) is 0 Å². The van der Waals surface area contributed by atoms with Gasteiger partial charge in [-0.25, -0.2) is 13.4 Å². The molecule has 1 aliphatic heterocycles. The Labute approximate surface area is 180 Å². The van der Waals surface area contributed by atoms with E-state index in [1.165, 1.54) is 4.31 Å². The van der Waals surface area contributed by atoms with Crippen LogP contribution in [0.15, 0.2) is 59.6 Å². The first-order valence-corrected chi connectivity index (χ1v) is 11.5. The Kier molecular flexibility index (Phi) is 5.01. The molecule has 3 heterocycles. The van der Waals surface area contributed by atoms with Gasteiger partial charge in [0, 0.05) is 55.0 Å². The van der Waals surface area contributed by atoms with Gasteiger partial charge in [0.2, 0.25) is 10.0 Å². The zero-order valence-corrected chi connectivity index (χ0v) is 17.9. The summed E-state index contributed by atoms with van der Waals surface area (Å²) in [6.07, 6.45) is 1.72. The molecule has 31 heavy (non-hydrogen) atoms. The number of hydrogen-bond acceptors (Lipinski definition) is 6. The van der Waals surface area contributed by atoms with Gasteiger partial charge in [0.1, 0.15) is 11.4 Å². The van der Waals surface area contributed by atoms with Gasteiger partial charge in [-0.15, -0.1) is 0 Å². The van der Waals surface area contributed by atoms with Crippen molar-refractivity contribution in [3.8, 4) is 5.75 Å². The van der Waals surface area contributed by atoms with Gasteiger partial charge in [-0.05, 0) is 36.4 Å². The van der Waals surface area contributed by atoms with Gasteiger partial charge in [0.15, 0.2) is 0 Å². The lowest BCUT2D eigenvalue weighted by Crippen LogP contribution is -2.46. The highest BCUT2D eigenvalue weighted by Gasteiger charge is 2.26. The van der Waals surface area contributed by atoms with Crippen molar-refractivity contribution in [2.75, 3.05) is 38.6 Å². The van der Waals surface area contributed by atoms with E-state index in [-0.39, 0.29) is 0 Å². The van der Waals surface area contributed by atoms with Gasteiger partial charge in [0.25, 0.3) is 0 Å². The van der Waals surface area contributed by atoms with Crippen LogP contribution in [0.25, 0.3) is 21.9 Å². The van der Waals surface area contributed by atoms with E-state index in [4.69, 9.17) is 4.74 Å². The summed E-state index contributed by atoms with van der Waals surface area (Å²) in [5, 5.41) is 8.26. The molecule has 8 nitrogen and oxygen atoms in total. The molecule has 0 atom stereocenters. The lowest BCUT2D eigenvalue weighted by atomic mass is 10.1. The maximum Gasteiger partial charge on any atom is 0.243 e. The molecule has 9 heteroatoms. The van der Waals surface area contributed by atoms with Crippen LogP contribution in [-0.2, 0) is 10.0 Å². The minimum Gasteiger partial charge on any atom is -0.497 e. The third kappa shape index (κ3) is 3.60. The number of anilines is 2. The Bertz CT molecular complexity index is 1360. The second kappa shape index (κ2) is 7.84. The number of sulfonamides is 1. The number of fused-ring (bicyclic) bond motifs is 3. The second-order valence-electron chi connectivity index (χ2n) is 7.43. The fourth-order valence-corrected chi connectivity index (χ4v) is 5.42.